The lowest BCUT2D eigenvalue weighted by atomic mass is 10.1. The van der Waals surface area contributed by atoms with Crippen LogP contribution in [0, 0.1) is 0 Å². The topological polar surface area (TPSA) is 140 Å². The average molecular weight is 506 g/mol. The highest BCUT2D eigenvalue weighted by atomic mass is 28.3. The first-order valence-corrected chi connectivity index (χ1v) is 13.9. The highest BCUT2D eigenvalue weighted by Gasteiger charge is 2.69. The molecule has 1 aliphatic heterocycles. The Morgan fingerprint density at radius 2 is 1.61 bits per heavy atom. The Labute approximate surface area is 210 Å². The molecule has 0 radical (unpaired) electrons. The van der Waals surface area contributed by atoms with E-state index in [2.05, 4.69) is 35.7 Å². The maximum Gasteiger partial charge on any atom is 0.167 e. The Hall–Kier alpha value is -3.15. The van der Waals surface area contributed by atoms with Gasteiger partial charge in [0, 0.05) is 0 Å². The van der Waals surface area contributed by atoms with Crippen LogP contribution in [0.5, 0.6) is 0 Å². The van der Waals surface area contributed by atoms with E-state index in [9.17, 15) is 15.3 Å². The number of nitrogens with zero attached hydrogens (tertiary/aromatic N) is 4. The standard InChI is InChI=1S/C26H31N5O4Si/c1-25(2,3)36(17-10-6-4-7-11-17,18-12-8-5-9-13-18)26(34)14-35-20(21(26)32)24(33)31-16-30-19-22(27)28-15-29-23(19)31/h4-13,15-16,20-21,24,32-34H,14H2,1-3H3,(H2,27,28,29)/t20-,21+,24?,26-/m0/s1. The fourth-order valence-corrected chi connectivity index (χ4v) is 12.7. The van der Waals surface area contributed by atoms with Gasteiger partial charge in [0.2, 0.25) is 0 Å². The lowest BCUT2D eigenvalue weighted by Crippen LogP contribution is -2.81. The van der Waals surface area contributed by atoms with Crippen LogP contribution in [0.15, 0.2) is 73.3 Å². The summed E-state index contributed by atoms with van der Waals surface area (Å²) in [6.07, 6.45) is -1.24. The number of hydrogen-bond acceptors (Lipinski definition) is 8. The fourth-order valence-electron chi connectivity index (χ4n) is 6.03. The molecule has 2 aromatic heterocycles. The van der Waals surface area contributed by atoms with Crippen molar-refractivity contribution >= 4 is 35.4 Å². The predicted molar refractivity (Wildman–Crippen MR) is 139 cm³/mol. The van der Waals surface area contributed by atoms with Gasteiger partial charge in [-0.2, -0.15) is 0 Å². The summed E-state index contributed by atoms with van der Waals surface area (Å²) in [5.41, 5.74) is 6.55. The number of aliphatic hydroxyl groups excluding tert-OH is 2. The summed E-state index contributed by atoms with van der Waals surface area (Å²) in [7, 11) is -3.24. The summed E-state index contributed by atoms with van der Waals surface area (Å²) in [6.45, 7) is 6.14. The summed E-state index contributed by atoms with van der Waals surface area (Å²) < 4.78 is 7.44. The molecular formula is C26H31N5O4Si. The lowest BCUT2D eigenvalue weighted by molar-refractivity contribution is -0.0847. The molecule has 1 aliphatic rings. The van der Waals surface area contributed by atoms with E-state index in [0.717, 1.165) is 10.4 Å². The number of anilines is 1. The van der Waals surface area contributed by atoms with Gasteiger partial charge in [0.15, 0.2) is 25.8 Å². The molecule has 10 heteroatoms. The maximum atomic E-state index is 12.6. The number of fused-ring (bicyclic) bond motifs is 1. The number of nitrogens with two attached hydrogens (primary N) is 1. The molecule has 0 amide bonds. The van der Waals surface area contributed by atoms with Crippen molar-refractivity contribution in [1.82, 2.24) is 19.5 Å². The first-order valence-electron chi connectivity index (χ1n) is 11.9. The van der Waals surface area contributed by atoms with E-state index in [1.54, 1.807) is 0 Å². The van der Waals surface area contributed by atoms with Crippen LogP contribution in [0.25, 0.3) is 11.2 Å². The Bertz CT molecular complexity index is 1320. The smallest absolute Gasteiger partial charge is 0.167 e. The summed E-state index contributed by atoms with van der Waals surface area (Å²) in [6, 6.07) is 19.7. The van der Waals surface area contributed by atoms with Gasteiger partial charge in [-0.05, 0) is 5.04 Å². The number of nitrogen functional groups attached to an aromatic ring is 1. The molecule has 9 nitrogen and oxygen atoms in total. The number of ether oxygens (including phenoxy) is 1. The molecule has 2 aromatic carbocycles. The minimum atomic E-state index is -3.24. The largest absolute Gasteiger partial charge is 0.387 e. The van der Waals surface area contributed by atoms with Crippen molar-refractivity contribution in [2.45, 2.75) is 49.5 Å². The van der Waals surface area contributed by atoms with Gasteiger partial charge in [-0.1, -0.05) is 91.8 Å². The molecule has 1 saturated heterocycles. The zero-order valence-corrected chi connectivity index (χ0v) is 21.5. The Kier molecular flexibility index (Phi) is 5.96. The molecule has 0 aliphatic carbocycles. The summed E-state index contributed by atoms with van der Waals surface area (Å²) in [5.74, 6) is 0.183. The molecule has 0 spiro atoms. The molecule has 3 heterocycles. The first-order chi connectivity index (χ1) is 17.1. The van der Waals surface area contributed by atoms with E-state index in [0.29, 0.717) is 11.2 Å². The number of imidazole rings is 1. The van der Waals surface area contributed by atoms with Crippen LogP contribution in [0.3, 0.4) is 0 Å². The summed E-state index contributed by atoms with van der Waals surface area (Å²) >= 11 is 0. The van der Waals surface area contributed by atoms with Crippen LogP contribution >= 0.6 is 0 Å². The molecule has 1 unspecified atom stereocenters. The highest BCUT2D eigenvalue weighted by Crippen LogP contribution is 2.48. The third kappa shape index (κ3) is 3.40. The van der Waals surface area contributed by atoms with Gasteiger partial charge in [-0.25, -0.2) is 15.0 Å². The van der Waals surface area contributed by atoms with Gasteiger partial charge in [-0.15, -0.1) is 0 Å². The van der Waals surface area contributed by atoms with Crippen LogP contribution in [0.2, 0.25) is 5.04 Å². The van der Waals surface area contributed by atoms with E-state index < -0.39 is 36.8 Å². The minimum Gasteiger partial charge on any atom is -0.387 e. The third-order valence-electron chi connectivity index (χ3n) is 7.45. The van der Waals surface area contributed by atoms with Crippen LogP contribution in [-0.2, 0) is 4.74 Å². The monoisotopic (exact) mass is 505 g/mol. The molecule has 1 fully saturated rings. The van der Waals surface area contributed by atoms with Crippen molar-refractivity contribution in [2.24, 2.45) is 0 Å². The first kappa shape index (κ1) is 24.5. The predicted octanol–water partition coefficient (Wildman–Crippen LogP) is 0.993. The zero-order valence-electron chi connectivity index (χ0n) is 20.5. The van der Waals surface area contributed by atoms with Crippen LogP contribution in [-0.4, -0.2) is 67.0 Å². The normalized spacial score (nSPS) is 23.7. The Morgan fingerprint density at radius 3 is 2.17 bits per heavy atom. The number of hydrogen-bond donors (Lipinski definition) is 4. The number of rotatable bonds is 5. The van der Waals surface area contributed by atoms with Crippen molar-refractivity contribution in [3.63, 3.8) is 0 Å². The van der Waals surface area contributed by atoms with Crippen LogP contribution in [0.1, 0.15) is 27.0 Å². The molecule has 4 aromatic rings. The van der Waals surface area contributed by atoms with Gasteiger partial charge in [0.05, 0.1) is 12.9 Å². The van der Waals surface area contributed by atoms with Gasteiger partial charge in [0.25, 0.3) is 0 Å². The number of benzene rings is 2. The van der Waals surface area contributed by atoms with Crippen molar-refractivity contribution in [1.29, 1.82) is 0 Å². The molecule has 5 rings (SSSR count). The van der Waals surface area contributed by atoms with E-state index in [-0.39, 0.29) is 12.4 Å². The van der Waals surface area contributed by atoms with Gasteiger partial charge in [0.1, 0.15) is 29.3 Å². The van der Waals surface area contributed by atoms with Gasteiger partial charge >= 0.3 is 0 Å². The van der Waals surface area contributed by atoms with Crippen molar-refractivity contribution in [2.75, 3.05) is 12.3 Å². The Balaban J connectivity index is 1.66. The van der Waals surface area contributed by atoms with Crippen molar-refractivity contribution in [3.8, 4) is 0 Å². The number of aromatic nitrogens is 4. The second-order valence-corrected chi connectivity index (χ2v) is 15.4. The molecule has 36 heavy (non-hydrogen) atoms. The van der Waals surface area contributed by atoms with Crippen molar-refractivity contribution in [3.05, 3.63) is 73.3 Å². The van der Waals surface area contributed by atoms with Crippen LogP contribution in [0.4, 0.5) is 5.82 Å². The zero-order chi connectivity index (χ0) is 25.7. The summed E-state index contributed by atoms with van der Waals surface area (Å²) in [4.78, 5) is 12.4. The molecule has 4 atom stereocenters. The van der Waals surface area contributed by atoms with Crippen LogP contribution < -0.4 is 16.1 Å². The molecular weight excluding hydrogens is 474 g/mol. The average Bonchev–Trinajstić information content (AvgIpc) is 3.42. The Morgan fingerprint density at radius 1 is 1.03 bits per heavy atom. The quantitative estimate of drug-likeness (QED) is 0.295. The highest BCUT2D eigenvalue weighted by molar-refractivity contribution is 7.06. The van der Waals surface area contributed by atoms with E-state index in [1.165, 1.54) is 17.2 Å². The van der Waals surface area contributed by atoms with Crippen molar-refractivity contribution < 1.29 is 20.1 Å². The fraction of sp³-hybridized carbons (Fsp3) is 0.346. The van der Waals surface area contributed by atoms with E-state index >= 15 is 0 Å². The SMILES string of the molecule is CC(C)(C)[Si](c1ccccc1)(c1ccccc1)[C@@]1(O)CO[C@H](C(O)n2cnc3c(N)ncnc32)[C@H]1O. The number of aliphatic hydroxyl groups is 3. The van der Waals surface area contributed by atoms with E-state index in [4.69, 9.17) is 10.5 Å². The maximum absolute atomic E-state index is 12.6. The molecule has 0 bridgehead atoms. The third-order valence-corrected chi connectivity index (χ3v) is 13.8. The molecule has 188 valence electrons. The van der Waals surface area contributed by atoms with Gasteiger partial charge < -0.3 is 25.8 Å². The van der Waals surface area contributed by atoms with E-state index in [1.807, 2.05) is 60.7 Å². The molecule has 5 N–H and O–H groups in total. The van der Waals surface area contributed by atoms with Gasteiger partial charge in [-0.3, -0.25) is 4.57 Å². The second kappa shape index (κ2) is 8.75. The second-order valence-electron chi connectivity index (χ2n) is 10.4. The summed E-state index contributed by atoms with van der Waals surface area (Å²) in [5, 5.41) is 35.6. The minimum absolute atomic E-state index is 0.146. The molecule has 0 saturated carbocycles. The lowest BCUT2D eigenvalue weighted by Gasteiger charge is -2.53.